The molecule has 3 saturated carbocycles. The Bertz CT molecular complexity index is 563. The Kier molecular flexibility index (Phi) is 3.35. The molecule has 1 saturated heterocycles. The van der Waals surface area contributed by atoms with Gasteiger partial charge in [0.2, 0.25) is 0 Å². The van der Waals surface area contributed by atoms with Crippen molar-refractivity contribution in [3.8, 4) is 0 Å². The van der Waals surface area contributed by atoms with Gasteiger partial charge < -0.3 is 14.6 Å². The summed E-state index contributed by atoms with van der Waals surface area (Å²) in [6.07, 6.45) is 11.7. The lowest BCUT2D eigenvalue weighted by Crippen LogP contribution is -2.52. The molecule has 4 aliphatic carbocycles. The van der Waals surface area contributed by atoms with Gasteiger partial charge in [-0.25, -0.2) is 0 Å². The zero-order valence-corrected chi connectivity index (χ0v) is 15.2. The second-order valence-corrected chi connectivity index (χ2v) is 9.68. The number of fused-ring (bicyclic) bond motifs is 5. The number of allylic oxidation sites excluding steroid dienone is 1. The normalized spacial score (nSPS) is 52.5. The Hall–Kier alpha value is -0.380. The number of hydrogen-bond acceptors (Lipinski definition) is 3. The summed E-state index contributed by atoms with van der Waals surface area (Å²) >= 11 is 0. The van der Waals surface area contributed by atoms with E-state index in [-0.39, 0.29) is 17.3 Å². The van der Waals surface area contributed by atoms with Gasteiger partial charge in [0.15, 0.2) is 5.79 Å². The zero-order chi connectivity index (χ0) is 16.6. The lowest BCUT2D eigenvalue weighted by atomic mass is 9.47. The largest absolute Gasteiger partial charge is 0.393 e. The molecule has 5 rings (SSSR count). The van der Waals surface area contributed by atoms with Crippen molar-refractivity contribution in [2.24, 2.45) is 28.6 Å². The third kappa shape index (κ3) is 1.95. The first-order valence-corrected chi connectivity index (χ1v) is 10.1. The molecule has 3 heteroatoms. The summed E-state index contributed by atoms with van der Waals surface area (Å²) in [6.45, 7) is 6.40. The maximum absolute atomic E-state index is 10.6. The second-order valence-electron chi connectivity index (χ2n) is 9.68. The SMILES string of the molecule is C[C@]12CC[C@@H]3[C@H](CC=C4CC5(CC[C@@]43C)OCCO5)[C@@H]1CC[C@@H]2O. The molecule has 0 unspecified atom stereocenters. The Morgan fingerprint density at radius 2 is 1.79 bits per heavy atom. The molecule has 1 N–H and O–H groups in total. The van der Waals surface area contributed by atoms with E-state index in [0.717, 1.165) is 50.2 Å². The van der Waals surface area contributed by atoms with E-state index in [1.54, 1.807) is 5.57 Å². The van der Waals surface area contributed by atoms with Crippen LogP contribution in [0.3, 0.4) is 0 Å². The summed E-state index contributed by atoms with van der Waals surface area (Å²) in [6, 6.07) is 0. The first-order valence-electron chi connectivity index (χ1n) is 10.1. The molecular formula is C21H32O3. The first-order chi connectivity index (χ1) is 11.5. The van der Waals surface area contributed by atoms with Gasteiger partial charge in [-0.3, -0.25) is 0 Å². The van der Waals surface area contributed by atoms with Gasteiger partial charge in [0.1, 0.15) is 0 Å². The number of aliphatic hydroxyl groups is 1. The standard InChI is InChI=1S/C21H32O3/c1-19-9-10-21(23-11-12-24-21)13-14(19)3-4-15-16-5-6-18(22)20(16,2)8-7-17(15)19/h3,15-18,22H,4-13H2,1-2H3/t15-,16+,17-,18+,19+,20+/m1/s1. The number of ether oxygens (including phenoxy) is 2. The molecule has 4 fully saturated rings. The molecule has 1 heterocycles. The topological polar surface area (TPSA) is 38.7 Å². The Morgan fingerprint density at radius 1 is 1.00 bits per heavy atom. The first kappa shape index (κ1) is 15.8. The van der Waals surface area contributed by atoms with Gasteiger partial charge in [-0.15, -0.1) is 0 Å². The van der Waals surface area contributed by atoms with Crippen molar-refractivity contribution < 1.29 is 14.6 Å². The van der Waals surface area contributed by atoms with E-state index in [1.807, 2.05) is 0 Å². The van der Waals surface area contributed by atoms with Crippen LogP contribution in [0.15, 0.2) is 11.6 Å². The van der Waals surface area contributed by atoms with Crippen LogP contribution in [0.4, 0.5) is 0 Å². The summed E-state index contributed by atoms with van der Waals surface area (Å²) in [7, 11) is 0. The molecule has 0 aromatic heterocycles. The minimum absolute atomic E-state index is 0.0726. The highest BCUT2D eigenvalue weighted by Crippen LogP contribution is 2.65. The smallest absolute Gasteiger partial charge is 0.172 e. The van der Waals surface area contributed by atoms with Crippen molar-refractivity contribution >= 4 is 0 Å². The van der Waals surface area contributed by atoms with Gasteiger partial charge in [-0.2, -0.15) is 0 Å². The van der Waals surface area contributed by atoms with E-state index in [9.17, 15) is 5.11 Å². The second kappa shape index (κ2) is 5.08. The monoisotopic (exact) mass is 332 g/mol. The Labute approximate surface area is 145 Å². The van der Waals surface area contributed by atoms with Crippen LogP contribution in [0.2, 0.25) is 0 Å². The lowest BCUT2D eigenvalue weighted by molar-refractivity contribution is -0.185. The maximum atomic E-state index is 10.6. The molecule has 1 spiro atoms. The molecule has 0 amide bonds. The summed E-state index contributed by atoms with van der Waals surface area (Å²) < 4.78 is 12.0. The van der Waals surface area contributed by atoms with Gasteiger partial charge in [-0.1, -0.05) is 25.5 Å². The van der Waals surface area contributed by atoms with Crippen LogP contribution in [-0.2, 0) is 9.47 Å². The number of rotatable bonds is 0. The molecule has 5 aliphatic rings. The fourth-order valence-electron chi connectivity index (χ4n) is 7.32. The molecule has 1 aliphatic heterocycles. The molecule has 134 valence electrons. The van der Waals surface area contributed by atoms with Gasteiger partial charge in [-0.05, 0) is 67.1 Å². The average Bonchev–Trinajstić information content (AvgIpc) is 3.14. The Balaban J connectivity index is 1.46. The third-order valence-corrected chi connectivity index (χ3v) is 8.87. The van der Waals surface area contributed by atoms with E-state index in [2.05, 4.69) is 19.9 Å². The third-order valence-electron chi connectivity index (χ3n) is 8.87. The maximum Gasteiger partial charge on any atom is 0.172 e. The quantitative estimate of drug-likeness (QED) is 0.680. The number of hydrogen-bond donors (Lipinski definition) is 1. The van der Waals surface area contributed by atoms with Crippen LogP contribution in [0.25, 0.3) is 0 Å². The molecular weight excluding hydrogens is 300 g/mol. The van der Waals surface area contributed by atoms with Crippen LogP contribution < -0.4 is 0 Å². The van der Waals surface area contributed by atoms with Crippen LogP contribution in [0.1, 0.15) is 65.2 Å². The minimum Gasteiger partial charge on any atom is -0.393 e. The van der Waals surface area contributed by atoms with Gasteiger partial charge in [0.25, 0.3) is 0 Å². The molecule has 0 aromatic rings. The van der Waals surface area contributed by atoms with E-state index in [1.165, 1.54) is 32.1 Å². The van der Waals surface area contributed by atoms with Crippen molar-refractivity contribution in [3.05, 3.63) is 11.6 Å². The van der Waals surface area contributed by atoms with Crippen molar-refractivity contribution in [1.82, 2.24) is 0 Å². The van der Waals surface area contributed by atoms with E-state index in [4.69, 9.17) is 9.47 Å². The van der Waals surface area contributed by atoms with Crippen LogP contribution >= 0.6 is 0 Å². The molecule has 24 heavy (non-hydrogen) atoms. The molecule has 0 bridgehead atoms. The van der Waals surface area contributed by atoms with Crippen LogP contribution in [-0.4, -0.2) is 30.2 Å². The zero-order valence-electron chi connectivity index (χ0n) is 15.2. The van der Waals surface area contributed by atoms with E-state index in [0.29, 0.717) is 5.41 Å². The van der Waals surface area contributed by atoms with E-state index < -0.39 is 0 Å². The average molecular weight is 332 g/mol. The van der Waals surface area contributed by atoms with Crippen LogP contribution in [0, 0.1) is 28.6 Å². The van der Waals surface area contributed by atoms with Crippen molar-refractivity contribution in [2.75, 3.05) is 13.2 Å². The molecule has 3 nitrogen and oxygen atoms in total. The Morgan fingerprint density at radius 3 is 2.58 bits per heavy atom. The summed E-state index contributed by atoms with van der Waals surface area (Å²) in [4.78, 5) is 0. The van der Waals surface area contributed by atoms with Crippen molar-refractivity contribution in [2.45, 2.75) is 77.1 Å². The number of aliphatic hydroxyl groups excluding tert-OH is 1. The summed E-state index contributed by atoms with van der Waals surface area (Å²) in [5.74, 6) is 1.98. The highest BCUT2D eigenvalue weighted by Gasteiger charge is 2.60. The fraction of sp³-hybridized carbons (Fsp3) is 0.905. The predicted molar refractivity (Wildman–Crippen MR) is 92.3 cm³/mol. The highest BCUT2D eigenvalue weighted by atomic mass is 16.7. The predicted octanol–water partition coefficient (Wildman–Crippen LogP) is 4.05. The van der Waals surface area contributed by atoms with E-state index >= 15 is 0 Å². The minimum atomic E-state index is -0.301. The summed E-state index contributed by atoms with van der Waals surface area (Å²) in [5, 5.41) is 10.6. The molecule has 0 aromatic carbocycles. The van der Waals surface area contributed by atoms with Crippen LogP contribution in [0.5, 0.6) is 0 Å². The van der Waals surface area contributed by atoms with Gasteiger partial charge in [0.05, 0.1) is 19.3 Å². The van der Waals surface area contributed by atoms with Crippen molar-refractivity contribution in [3.63, 3.8) is 0 Å². The van der Waals surface area contributed by atoms with Gasteiger partial charge in [0, 0.05) is 12.8 Å². The van der Waals surface area contributed by atoms with Gasteiger partial charge >= 0.3 is 0 Å². The fourth-order valence-corrected chi connectivity index (χ4v) is 7.32. The molecule has 6 atom stereocenters. The lowest BCUT2D eigenvalue weighted by Gasteiger charge is -2.58. The highest BCUT2D eigenvalue weighted by molar-refractivity contribution is 5.26. The molecule has 0 radical (unpaired) electrons. The summed E-state index contributed by atoms with van der Waals surface area (Å²) in [5.41, 5.74) is 2.12. The van der Waals surface area contributed by atoms with Crippen molar-refractivity contribution in [1.29, 1.82) is 0 Å².